The van der Waals surface area contributed by atoms with E-state index in [1.165, 1.54) is 10.9 Å². The lowest BCUT2D eigenvalue weighted by molar-refractivity contribution is 0.0532. The summed E-state index contributed by atoms with van der Waals surface area (Å²) in [6.45, 7) is 2.26. The van der Waals surface area contributed by atoms with Crippen molar-refractivity contribution < 1.29 is 9.53 Å². The lowest BCUT2D eigenvalue weighted by Crippen LogP contribution is -2.01. The van der Waals surface area contributed by atoms with Gasteiger partial charge >= 0.3 is 5.97 Å². The molecule has 4 heteroatoms. The van der Waals surface area contributed by atoms with E-state index in [4.69, 9.17) is 4.74 Å². The van der Waals surface area contributed by atoms with Gasteiger partial charge < -0.3 is 4.74 Å². The Labute approximate surface area is 64.7 Å². The molecule has 0 N–H and O–H groups in total. The third kappa shape index (κ3) is 1.79. The summed E-state index contributed by atoms with van der Waals surface area (Å²) in [5.74, 6) is 1.73. The average Bonchev–Trinajstić information content (AvgIpc) is 2.38. The van der Waals surface area contributed by atoms with E-state index >= 15 is 0 Å². The molecule has 1 rings (SSSR count). The van der Waals surface area contributed by atoms with Crippen molar-refractivity contribution in [1.82, 2.24) is 0 Å². The van der Waals surface area contributed by atoms with Gasteiger partial charge in [-0.15, -0.1) is 10.9 Å². The second-order valence-electron chi connectivity index (χ2n) is 1.60. The minimum Gasteiger partial charge on any atom is -0.462 e. The Morgan fingerprint density at radius 3 is 3.20 bits per heavy atom. The van der Waals surface area contributed by atoms with E-state index in [9.17, 15) is 4.79 Å². The molecule has 0 aliphatic rings. The molecule has 0 saturated carbocycles. The molecule has 0 bridgehead atoms. The lowest BCUT2D eigenvalue weighted by Gasteiger charge is -1.95. The molecule has 2 nitrogen and oxygen atoms in total. The van der Waals surface area contributed by atoms with Crippen molar-refractivity contribution in [2.24, 2.45) is 0 Å². The summed E-state index contributed by atoms with van der Waals surface area (Å²) < 4.78 is 4.77. The van der Waals surface area contributed by atoms with Gasteiger partial charge in [-0.25, -0.2) is 4.79 Å². The first-order valence-electron chi connectivity index (χ1n) is 2.92. The topological polar surface area (TPSA) is 26.3 Å². The number of ether oxygens (including phenoxy) is 1. The van der Waals surface area contributed by atoms with Gasteiger partial charge in [-0.1, -0.05) is 0 Å². The Kier molecular flexibility index (Phi) is 2.84. The first-order valence-corrected chi connectivity index (χ1v) is 5.31. The summed E-state index contributed by atoms with van der Waals surface area (Å²) in [4.78, 5) is 11.6. The molecule has 54 valence electrons. The zero-order chi connectivity index (χ0) is 7.40. The van der Waals surface area contributed by atoms with Crippen LogP contribution in [0.4, 0.5) is 0 Å². The standard InChI is InChI=1S/C6H7O2PS/c1-2-8-6(7)5-3-4-9-10-5/h3-4H,2H2,1H3. The minimum absolute atomic E-state index is 0.200. The number of hydrogen-bond acceptors (Lipinski definition) is 3. The Balaban J connectivity index is 2.59. The molecular weight excluding hydrogens is 167 g/mol. The Hall–Kier alpha value is -0.400. The summed E-state index contributed by atoms with van der Waals surface area (Å²) in [5, 5.41) is 0. The number of carbonyl (C=O) groups excluding carboxylic acids is 1. The number of rotatable bonds is 2. The summed E-state index contributed by atoms with van der Waals surface area (Å²) in [7, 11) is 2.60. The van der Waals surface area contributed by atoms with Crippen LogP contribution in [0.15, 0.2) is 11.9 Å². The number of carbonyl (C=O) groups is 1. The summed E-state index contributed by atoms with van der Waals surface area (Å²) in [6, 6.07) is 1.80. The van der Waals surface area contributed by atoms with Gasteiger partial charge in [0.1, 0.15) is 4.88 Å². The van der Waals surface area contributed by atoms with Gasteiger partial charge in [0.25, 0.3) is 0 Å². The maximum absolute atomic E-state index is 10.9. The molecule has 0 atom stereocenters. The van der Waals surface area contributed by atoms with E-state index in [2.05, 4.69) is 0 Å². The Bertz CT molecular complexity index is 208. The van der Waals surface area contributed by atoms with E-state index in [1.807, 2.05) is 5.80 Å². The molecule has 0 radical (unpaired) electrons. The fourth-order valence-electron chi connectivity index (χ4n) is 0.523. The van der Waals surface area contributed by atoms with E-state index in [1.54, 1.807) is 13.0 Å². The van der Waals surface area contributed by atoms with Crippen LogP contribution in [0.3, 0.4) is 0 Å². The highest BCUT2D eigenvalue weighted by Crippen LogP contribution is 2.20. The van der Waals surface area contributed by atoms with Crippen LogP contribution in [-0.4, -0.2) is 12.6 Å². The van der Waals surface area contributed by atoms with Crippen LogP contribution >= 0.6 is 18.3 Å². The van der Waals surface area contributed by atoms with Crippen LogP contribution in [-0.2, 0) is 4.74 Å². The average molecular weight is 174 g/mol. The van der Waals surface area contributed by atoms with E-state index in [0.717, 1.165) is 7.37 Å². The van der Waals surface area contributed by atoms with Crippen molar-refractivity contribution in [1.29, 1.82) is 0 Å². The van der Waals surface area contributed by atoms with Crippen molar-refractivity contribution in [2.75, 3.05) is 6.61 Å². The van der Waals surface area contributed by atoms with E-state index in [-0.39, 0.29) is 5.97 Å². The van der Waals surface area contributed by atoms with Crippen LogP contribution in [0.25, 0.3) is 0 Å². The van der Waals surface area contributed by atoms with Gasteiger partial charge in [0.15, 0.2) is 0 Å². The van der Waals surface area contributed by atoms with Crippen molar-refractivity contribution in [3.05, 3.63) is 16.7 Å². The minimum atomic E-state index is -0.200. The smallest absolute Gasteiger partial charge is 0.348 e. The molecule has 0 aliphatic heterocycles. The lowest BCUT2D eigenvalue weighted by atomic mass is 10.5. The number of esters is 1. The van der Waals surface area contributed by atoms with Crippen molar-refractivity contribution in [3.63, 3.8) is 0 Å². The normalized spacial score (nSPS) is 10.1. The van der Waals surface area contributed by atoms with Gasteiger partial charge in [0.2, 0.25) is 0 Å². The molecule has 1 aromatic rings. The third-order valence-electron chi connectivity index (χ3n) is 0.914. The molecule has 0 amide bonds. The summed E-state index contributed by atoms with van der Waals surface area (Å²) in [6.07, 6.45) is 0. The highest BCUT2D eigenvalue weighted by Gasteiger charge is 2.05. The monoisotopic (exact) mass is 174 g/mol. The molecule has 0 spiro atoms. The third-order valence-corrected chi connectivity index (χ3v) is 3.06. The zero-order valence-corrected chi connectivity index (χ0v) is 7.24. The van der Waals surface area contributed by atoms with E-state index in [0.29, 0.717) is 11.5 Å². The maximum atomic E-state index is 10.9. The second-order valence-corrected chi connectivity index (χ2v) is 3.91. The molecule has 0 unspecified atom stereocenters. The first kappa shape index (κ1) is 7.70. The van der Waals surface area contributed by atoms with Gasteiger partial charge in [-0.05, 0) is 26.2 Å². The zero-order valence-electron chi connectivity index (χ0n) is 5.53. The fraction of sp³-hybridized carbons (Fsp3) is 0.333. The van der Waals surface area contributed by atoms with Gasteiger partial charge in [-0.3, -0.25) is 0 Å². The molecule has 10 heavy (non-hydrogen) atoms. The van der Waals surface area contributed by atoms with Gasteiger partial charge in [0, 0.05) is 0 Å². The molecule has 0 fully saturated rings. The Morgan fingerprint density at radius 1 is 1.90 bits per heavy atom. The molecule has 1 aromatic heterocycles. The summed E-state index contributed by atoms with van der Waals surface area (Å²) >= 11 is 0. The highest BCUT2D eigenvalue weighted by molar-refractivity contribution is 7.80. The molecule has 0 aromatic carbocycles. The maximum Gasteiger partial charge on any atom is 0.348 e. The molecule has 0 aliphatic carbocycles. The van der Waals surface area contributed by atoms with Crippen molar-refractivity contribution in [2.45, 2.75) is 6.92 Å². The Morgan fingerprint density at radius 2 is 2.70 bits per heavy atom. The van der Waals surface area contributed by atoms with Crippen molar-refractivity contribution >= 4 is 24.3 Å². The second kappa shape index (κ2) is 3.69. The SMILES string of the molecule is CCOC(=O)c1ccps1. The van der Waals surface area contributed by atoms with Gasteiger partial charge in [0.05, 0.1) is 6.61 Å². The predicted octanol–water partition coefficient (Wildman–Crippen LogP) is 2.50. The van der Waals surface area contributed by atoms with Gasteiger partial charge in [-0.2, -0.15) is 0 Å². The summed E-state index contributed by atoms with van der Waals surface area (Å²) in [5.41, 5.74) is 0. The largest absolute Gasteiger partial charge is 0.462 e. The molecular formula is C6H7O2PS. The first-order chi connectivity index (χ1) is 4.84. The van der Waals surface area contributed by atoms with Crippen LogP contribution in [0.1, 0.15) is 16.6 Å². The van der Waals surface area contributed by atoms with Crippen molar-refractivity contribution in [3.8, 4) is 0 Å². The van der Waals surface area contributed by atoms with Crippen LogP contribution in [0.5, 0.6) is 0 Å². The van der Waals surface area contributed by atoms with Crippen LogP contribution in [0.2, 0.25) is 0 Å². The highest BCUT2D eigenvalue weighted by atomic mass is 32.5. The predicted molar refractivity (Wildman–Crippen MR) is 42.8 cm³/mol. The van der Waals surface area contributed by atoms with Crippen LogP contribution < -0.4 is 0 Å². The molecule has 1 heterocycles. The quantitative estimate of drug-likeness (QED) is 0.644. The van der Waals surface area contributed by atoms with E-state index < -0.39 is 0 Å². The number of hydrogen-bond donors (Lipinski definition) is 0. The molecule has 0 saturated heterocycles. The van der Waals surface area contributed by atoms with Crippen LogP contribution in [0, 0.1) is 0 Å². The fourth-order valence-corrected chi connectivity index (χ4v) is 2.38.